The number of H-pyrrole nitrogens is 1. The van der Waals surface area contributed by atoms with Crippen LogP contribution in [0.5, 0.6) is 5.75 Å². The first-order chi connectivity index (χ1) is 9.16. The molecular weight excluding hydrogens is 272 g/mol. The Kier molecular flexibility index (Phi) is 3.06. The first-order valence-electron chi connectivity index (χ1n) is 5.88. The van der Waals surface area contributed by atoms with E-state index < -0.39 is 6.61 Å². The molecule has 0 unspecified atom stereocenters. The number of para-hydroxylation sites is 1. The van der Waals surface area contributed by atoms with Gasteiger partial charge in [0.05, 0.1) is 5.56 Å². The monoisotopic (exact) mass is 283 g/mol. The van der Waals surface area contributed by atoms with Crippen molar-refractivity contribution in [3.05, 3.63) is 29.0 Å². The molecule has 1 aliphatic rings. The Morgan fingerprint density at radius 2 is 2.11 bits per heavy atom. The van der Waals surface area contributed by atoms with E-state index in [1.54, 1.807) is 18.2 Å². The minimum Gasteiger partial charge on any atom is -0.434 e. The molecule has 1 fully saturated rings. The summed E-state index contributed by atoms with van der Waals surface area (Å²) >= 11 is 5.18. The third-order valence-corrected chi connectivity index (χ3v) is 3.25. The van der Waals surface area contributed by atoms with Gasteiger partial charge in [-0.05, 0) is 37.2 Å². The van der Waals surface area contributed by atoms with Crippen molar-refractivity contribution in [1.82, 2.24) is 14.8 Å². The maximum atomic E-state index is 12.4. The quantitative estimate of drug-likeness (QED) is 0.873. The normalized spacial score (nSPS) is 14.9. The zero-order chi connectivity index (χ0) is 13.4. The molecule has 19 heavy (non-hydrogen) atoms. The molecule has 1 N–H and O–H groups in total. The molecule has 4 nitrogen and oxygen atoms in total. The predicted molar refractivity (Wildman–Crippen MR) is 67.8 cm³/mol. The topological polar surface area (TPSA) is 42.8 Å². The van der Waals surface area contributed by atoms with Crippen molar-refractivity contribution in [3.63, 3.8) is 0 Å². The SMILES string of the molecule is FC(F)Oc1ccccc1-c1n[nH]c(=S)n1C1CC1. The molecule has 0 saturated heterocycles. The van der Waals surface area contributed by atoms with Crippen LogP contribution in [0.4, 0.5) is 8.78 Å². The van der Waals surface area contributed by atoms with Crippen LogP contribution in [0.3, 0.4) is 0 Å². The van der Waals surface area contributed by atoms with Crippen LogP contribution >= 0.6 is 12.2 Å². The van der Waals surface area contributed by atoms with Crippen molar-refractivity contribution in [2.45, 2.75) is 25.5 Å². The van der Waals surface area contributed by atoms with Gasteiger partial charge in [-0.2, -0.15) is 13.9 Å². The van der Waals surface area contributed by atoms with Crippen LogP contribution in [-0.4, -0.2) is 21.4 Å². The molecule has 0 aliphatic heterocycles. The molecule has 0 spiro atoms. The third-order valence-electron chi connectivity index (χ3n) is 2.96. The van der Waals surface area contributed by atoms with E-state index in [0.29, 0.717) is 22.2 Å². The summed E-state index contributed by atoms with van der Waals surface area (Å²) < 4.78 is 31.7. The third kappa shape index (κ3) is 2.37. The highest BCUT2D eigenvalue weighted by molar-refractivity contribution is 7.71. The average Bonchev–Trinajstić information content (AvgIpc) is 3.13. The second-order valence-electron chi connectivity index (χ2n) is 4.33. The number of aromatic nitrogens is 3. The van der Waals surface area contributed by atoms with Gasteiger partial charge in [0.1, 0.15) is 5.75 Å². The van der Waals surface area contributed by atoms with Crippen LogP contribution < -0.4 is 4.74 Å². The highest BCUT2D eigenvalue weighted by atomic mass is 32.1. The molecule has 1 aromatic heterocycles. The van der Waals surface area contributed by atoms with Gasteiger partial charge in [-0.15, -0.1) is 0 Å². The van der Waals surface area contributed by atoms with Gasteiger partial charge in [0.2, 0.25) is 0 Å². The summed E-state index contributed by atoms with van der Waals surface area (Å²) in [6.07, 6.45) is 2.05. The molecule has 0 radical (unpaired) electrons. The van der Waals surface area contributed by atoms with E-state index in [0.717, 1.165) is 12.8 Å². The van der Waals surface area contributed by atoms with Crippen molar-refractivity contribution in [2.24, 2.45) is 0 Å². The maximum absolute atomic E-state index is 12.4. The molecule has 3 rings (SSSR count). The fourth-order valence-electron chi connectivity index (χ4n) is 2.02. The number of alkyl halides is 2. The summed E-state index contributed by atoms with van der Waals surface area (Å²) in [6.45, 7) is -2.86. The molecule has 0 atom stereocenters. The molecular formula is C12H11F2N3OS. The number of ether oxygens (including phenoxy) is 1. The van der Waals surface area contributed by atoms with E-state index in [1.165, 1.54) is 6.07 Å². The van der Waals surface area contributed by atoms with Crippen molar-refractivity contribution in [1.29, 1.82) is 0 Å². The highest BCUT2D eigenvalue weighted by Crippen LogP contribution is 2.40. The van der Waals surface area contributed by atoms with Gasteiger partial charge >= 0.3 is 6.61 Å². The van der Waals surface area contributed by atoms with E-state index in [4.69, 9.17) is 12.2 Å². The second kappa shape index (κ2) is 4.73. The fraction of sp³-hybridized carbons (Fsp3) is 0.333. The summed E-state index contributed by atoms with van der Waals surface area (Å²) in [4.78, 5) is 0. The summed E-state index contributed by atoms with van der Waals surface area (Å²) in [6, 6.07) is 6.89. The zero-order valence-electron chi connectivity index (χ0n) is 9.85. The van der Waals surface area contributed by atoms with E-state index in [2.05, 4.69) is 14.9 Å². The van der Waals surface area contributed by atoms with Crippen LogP contribution in [0.15, 0.2) is 24.3 Å². The Hall–Kier alpha value is -1.76. The predicted octanol–water partition coefficient (Wildman–Crippen LogP) is 3.54. The van der Waals surface area contributed by atoms with Gasteiger partial charge in [-0.3, -0.25) is 9.67 Å². The molecule has 1 aliphatic carbocycles. The summed E-state index contributed by atoms with van der Waals surface area (Å²) in [5.41, 5.74) is 0.516. The van der Waals surface area contributed by atoms with Crippen LogP contribution in [0.1, 0.15) is 18.9 Å². The first-order valence-corrected chi connectivity index (χ1v) is 6.29. The largest absolute Gasteiger partial charge is 0.434 e. The lowest BCUT2D eigenvalue weighted by Gasteiger charge is -2.11. The molecule has 2 aromatic rings. The number of hydrogen-bond acceptors (Lipinski definition) is 3. The first kappa shape index (κ1) is 12.3. The van der Waals surface area contributed by atoms with Gasteiger partial charge in [0, 0.05) is 6.04 Å². The van der Waals surface area contributed by atoms with Crippen LogP contribution in [0.2, 0.25) is 0 Å². The van der Waals surface area contributed by atoms with Crippen LogP contribution in [0, 0.1) is 4.77 Å². The van der Waals surface area contributed by atoms with Crippen molar-refractivity contribution in [3.8, 4) is 17.1 Å². The number of nitrogens with zero attached hydrogens (tertiary/aromatic N) is 2. The lowest BCUT2D eigenvalue weighted by molar-refractivity contribution is -0.0494. The molecule has 100 valence electrons. The van der Waals surface area contributed by atoms with Gasteiger partial charge in [-0.1, -0.05) is 12.1 Å². The van der Waals surface area contributed by atoms with E-state index >= 15 is 0 Å². The number of nitrogens with one attached hydrogen (secondary N) is 1. The Labute approximate surface area is 113 Å². The van der Waals surface area contributed by atoms with E-state index in [9.17, 15) is 8.78 Å². The van der Waals surface area contributed by atoms with Gasteiger partial charge in [0.25, 0.3) is 0 Å². The number of benzene rings is 1. The average molecular weight is 283 g/mol. The van der Waals surface area contributed by atoms with Crippen molar-refractivity contribution >= 4 is 12.2 Å². The summed E-state index contributed by atoms with van der Waals surface area (Å²) in [5.74, 6) is 0.650. The minimum absolute atomic E-state index is 0.105. The van der Waals surface area contributed by atoms with Gasteiger partial charge in [-0.25, -0.2) is 0 Å². The standard InChI is InChI=1S/C12H11F2N3OS/c13-11(14)18-9-4-2-1-3-8(9)10-15-16-12(19)17(10)7-5-6-7/h1-4,7,11H,5-6H2,(H,16,19). The summed E-state index contributed by atoms with van der Waals surface area (Å²) in [5, 5.41) is 6.85. The van der Waals surface area contributed by atoms with E-state index in [-0.39, 0.29) is 5.75 Å². The Morgan fingerprint density at radius 1 is 1.37 bits per heavy atom. The number of aromatic amines is 1. The molecule has 1 aromatic carbocycles. The smallest absolute Gasteiger partial charge is 0.387 e. The molecule has 1 heterocycles. The van der Waals surface area contributed by atoms with Gasteiger partial charge in [0.15, 0.2) is 10.6 Å². The van der Waals surface area contributed by atoms with Crippen LogP contribution in [-0.2, 0) is 0 Å². The molecule has 0 bridgehead atoms. The summed E-state index contributed by atoms with van der Waals surface area (Å²) in [7, 11) is 0. The van der Waals surface area contributed by atoms with Gasteiger partial charge < -0.3 is 4.74 Å². The van der Waals surface area contributed by atoms with Crippen molar-refractivity contribution < 1.29 is 13.5 Å². The Morgan fingerprint density at radius 3 is 2.79 bits per heavy atom. The maximum Gasteiger partial charge on any atom is 0.387 e. The lowest BCUT2D eigenvalue weighted by atomic mass is 10.2. The fourth-order valence-corrected chi connectivity index (χ4v) is 2.30. The minimum atomic E-state index is -2.86. The second-order valence-corrected chi connectivity index (χ2v) is 4.71. The van der Waals surface area contributed by atoms with E-state index in [1.807, 2.05) is 4.57 Å². The molecule has 1 saturated carbocycles. The number of rotatable bonds is 4. The Balaban J connectivity index is 2.09. The lowest BCUT2D eigenvalue weighted by Crippen LogP contribution is -2.05. The molecule has 0 amide bonds. The highest BCUT2D eigenvalue weighted by Gasteiger charge is 2.28. The Bertz CT molecular complexity index is 648. The van der Waals surface area contributed by atoms with Crippen molar-refractivity contribution in [2.75, 3.05) is 0 Å². The van der Waals surface area contributed by atoms with Crippen LogP contribution in [0.25, 0.3) is 11.4 Å². The molecule has 7 heteroatoms. The number of hydrogen-bond donors (Lipinski definition) is 1. The zero-order valence-corrected chi connectivity index (χ0v) is 10.7. The number of halogens is 2.